The molecule has 0 aromatic carbocycles. The van der Waals surface area contributed by atoms with E-state index < -0.39 is 104 Å². The first-order valence-electron chi connectivity index (χ1n) is 16.2. The number of hydrogen-bond donors (Lipinski definition) is 0. The first-order valence-corrected chi connectivity index (χ1v) is 18.4. The summed E-state index contributed by atoms with van der Waals surface area (Å²) in [4.78, 5) is 84.6. The lowest BCUT2D eigenvalue weighted by Crippen LogP contribution is -2.67. The lowest BCUT2D eigenvalue weighted by atomic mass is 9.96. The third-order valence-electron chi connectivity index (χ3n) is 7.19. The highest BCUT2D eigenvalue weighted by atomic mass is 32.2. The SMILES string of the molecule is CO[C@@H]1O[C@H](COC(C)=O)[C@H](O[C@@H]2O[C@H](CSCCCCCSC(C)=O)[C@H](OC(C)=O)[C@H](OC(C)=O)[C@H]2OC(C)=O)[C@H](OC(C)=O)[C@H]1OC(C)=O. The zero-order valence-corrected chi connectivity index (χ0v) is 31.6. The summed E-state index contributed by atoms with van der Waals surface area (Å²) in [5.41, 5.74) is 0. The Bertz CT molecular complexity index is 1210. The zero-order chi connectivity index (χ0) is 38.2. The maximum absolute atomic E-state index is 12.4. The van der Waals surface area contributed by atoms with Crippen molar-refractivity contribution in [3.63, 3.8) is 0 Å². The predicted molar refractivity (Wildman–Crippen MR) is 178 cm³/mol. The van der Waals surface area contributed by atoms with Gasteiger partial charge in [-0.05, 0) is 18.6 Å². The molecular weight excluding hydrogens is 720 g/mol. The summed E-state index contributed by atoms with van der Waals surface area (Å²) >= 11 is 2.71. The summed E-state index contributed by atoms with van der Waals surface area (Å²) in [6.07, 6.45) is -11.2. The molecule has 2 aliphatic heterocycles. The molecule has 51 heavy (non-hydrogen) atoms. The van der Waals surface area contributed by atoms with Crippen LogP contribution in [0, 0.1) is 0 Å². The van der Waals surface area contributed by atoms with Crippen LogP contribution in [0.5, 0.6) is 0 Å². The summed E-state index contributed by atoms with van der Waals surface area (Å²) in [7, 11) is 1.25. The van der Waals surface area contributed by atoms with Crippen LogP contribution in [0.1, 0.15) is 67.7 Å². The van der Waals surface area contributed by atoms with Gasteiger partial charge in [0.25, 0.3) is 0 Å². The van der Waals surface area contributed by atoms with Crippen LogP contribution in [0.25, 0.3) is 0 Å². The minimum absolute atomic E-state index is 0.0542. The summed E-state index contributed by atoms with van der Waals surface area (Å²) < 4.78 is 57.0. The highest BCUT2D eigenvalue weighted by Crippen LogP contribution is 2.36. The van der Waals surface area contributed by atoms with Gasteiger partial charge < -0.3 is 47.4 Å². The van der Waals surface area contributed by atoms with Gasteiger partial charge in [0.15, 0.2) is 48.2 Å². The van der Waals surface area contributed by atoms with Crippen LogP contribution in [-0.4, -0.2) is 133 Å². The Kier molecular flexibility index (Phi) is 19.2. The van der Waals surface area contributed by atoms with E-state index in [1.165, 1.54) is 37.6 Å². The van der Waals surface area contributed by atoms with Gasteiger partial charge in [0.05, 0.1) is 0 Å². The van der Waals surface area contributed by atoms with Crippen molar-refractivity contribution < 1.29 is 80.9 Å². The van der Waals surface area contributed by atoms with Crippen molar-refractivity contribution in [2.75, 3.05) is 31.0 Å². The van der Waals surface area contributed by atoms with Crippen LogP contribution in [0.3, 0.4) is 0 Å². The van der Waals surface area contributed by atoms with Gasteiger partial charge in [0.2, 0.25) is 0 Å². The normalized spacial score (nSPS) is 28.9. The highest BCUT2D eigenvalue weighted by molar-refractivity contribution is 8.13. The summed E-state index contributed by atoms with van der Waals surface area (Å²) in [5, 5.41) is 0.0542. The van der Waals surface area contributed by atoms with Gasteiger partial charge in [0, 0.05) is 67.1 Å². The molecule has 17 nitrogen and oxygen atoms in total. The average molecular weight is 769 g/mol. The maximum atomic E-state index is 12.4. The first-order chi connectivity index (χ1) is 24.0. The van der Waals surface area contributed by atoms with Gasteiger partial charge in [0.1, 0.15) is 24.9 Å². The second-order valence-corrected chi connectivity index (χ2v) is 14.0. The molecule has 0 amide bonds. The summed E-state index contributed by atoms with van der Waals surface area (Å²) in [6, 6.07) is 0. The molecule has 0 aliphatic carbocycles. The van der Waals surface area contributed by atoms with Crippen molar-refractivity contribution >= 4 is 64.5 Å². The number of rotatable bonds is 18. The Morgan fingerprint density at radius 2 is 1.00 bits per heavy atom. The molecule has 0 N–H and O–H groups in total. The minimum Gasteiger partial charge on any atom is -0.463 e. The number of carbonyl (C=O) groups excluding carboxylic acids is 7. The van der Waals surface area contributed by atoms with E-state index in [0.29, 0.717) is 11.5 Å². The molecule has 0 aromatic rings. The van der Waals surface area contributed by atoms with Crippen molar-refractivity contribution in [3.8, 4) is 0 Å². The highest BCUT2D eigenvalue weighted by Gasteiger charge is 2.57. The van der Waals surface area contributed by atoms with E-state index in [1.54, 1.807) is 0 Å². The number of ether oxygens (including phenoxy) is 10. The monoisotopic (exact) mass is 768 g/mol. The fraction of sp³-hybridized carbons (Fsp3) is 0.781. The molecule has 0 saturated carbocycles. The second kappa shape index (κ2) is 22.2. The molecule has 2 saturated heterocycles. The lowest BCUT2D eigenvalue weighted by Gasteiger charge is -2.48. The van der Waals surface area contributed by atoms with Crippen molar-refractivity contribution in [1.29, 1.82) is 0 Å². The number of esters is 6. The summed E-state index contributed by atoms with van der Waals surface area (Å²) in [6.45, 7) is 7.80. The van der Waals surface area contributed by atoms with Crippen LogP contribution in [0.4, 0.5) is 0 Å². The molecule has 2 fully saturated rings. The molecule has 2 aliphatic rings. The Morgan fingerprint density at radius 3 is 1.51 bits per heavy atom. The topological polar surface area (TPSA) is 212 Å². The molecule has 0 radical (unpaired) electrons. The molecule has 0 spiro atoms. The smallest absolute Gasteiger partial charge is 0.303 e. The number of thioether (sulfide) groups is 2. The van der Waals surface area contributed by atoms with Crippen LogP contribution in [-0.2, 0) is 80.9 Å². The largest absolute Gasteiger partial charge is 0.463 e. The molecule has 0 unspecified atom stereocenters. The van der Waals surface area contributed by atoms with Gasteiger partial charge in [-0.25, -0.2) is 0 Å². The second-order valence-electron chi connectivity index (χ2n) is 11.6. The average Bonchev–Trinajstić information content (AvgIpc) is 3.01. The van der Waals surface area contributed by atoms with E-state index in [2.05, 4.69) is 0 Å². The van der Waals surface area contributed by atoms with Crippen molar-refractivity contribution in [3.05, 3.63) is 0 Å². The third-order valence-corrected chi connectivity index (χ3v) is 9.23. The fourth-order valence-electron chi connectivity index (χ4n) is 5.36. The molecule has 290 valence electrons. The molecule has 19 heteroatoms. The molecule has 0 aromatic heterocycles. The van der Waals surface area contributed by atoms with Crippen molar-refractivity contribution in [2.45, 2.75) is 129 Å². The Balaban J connectivity index is 2.54. The van der Waals surface area contributed by atoms with E-state index in [1.807, 2.05) is 0 Å². The minimum atomic E-state index is -1.61. The van der Waals surface area contributed by atoms with E-state index in [4.69, 9.17) is 47.4 Å². The Morgan fingerprint density at radius 1 is 0.529 bits per heavy atom. The molecule has 10 atom stereocenters. The number of carbonyl (C=O) groups is 7. The number of hydrogen-bond acceptors (Lipinski definition) is 19. The molecule has 0 bridgehead atoms. The molecule has 2 heterocycles. The number of methoxy groups -OCH3 is 1. The third kappa shape index (κ3) is 15.3. The van der Waals surface area contributed by atoms with E-state index in [9.17, 15) is 33.6 Å². The maximum Gasteiger partial charge on any atom is 0.303 e. The predicted octanol–water partition coefficient (Wildman–Crippen LogP) is 1.87. The van der Waals surface area contributed by atoms with Crippen molar-refractivity contribution in [2.24, 2.45) is 0 Å². The van der Waals surface area contributed by atoms with Crippen LogP contribution >= 0.6 is 23.5 Å². The van der Waals surface area contributed by atoms with Crippen LogP contribution in [0.15, 0.2) is 0 Å². The first kappa shape index (κ1) is 44.2. The van der Waals surface area contributed by atoms with Gasteiger partial charge in [-0.2, -0.15) is 11.8 Å². The lowest BCUT2D eigenvalue weighted by molar-refractivity contribution is -0.355. The van der Waals surface area contributed by atoms with E-state index in [-0.39, 0.29) is 10.9 Å². The van der Waals surface area contributed by atoms with Crippen molar-refractivity contribution in [1.82, 2.24) is 0 Å². The Hall–Kier alpha value is -2.97. The van der Waals surface area contributed by atoms with Gasteiger partial charge in [-0.3, -0.25) is 33.6 Å². The van der Waals surface area contributed by atoms with Gasteiger partial charge >= 0.3 is 35.8 Å². The standard InChI is InChI=1S/C32H48O17S2/c1-16(33)41-14-23-25(27(43-18(3)35)29(45-20(5)37)31(40-8)47-23)49-32-30(46-21(6)38)28(44-19(4)36)26(42-17(2)34)24(48-32)15-50-12-10-9-11-13-51-22(7)39/h23-32H,9-15H2,1-8H3/t23-,24-,25+,26+,27+,28+,29-,30-,31-,32+/m1/s1. The quantitative estimate of drug-likeness (QED) is 0.111. The van der Waals surface area contributed by atoms with Gasteiger partial charge in [-0.15, -0.1) is 0 Å². The van der Waals surface area contributed by atoms with Crippen LogP contribution < -0.4 is 0 Å². The molecular formula is C32H48O17S2. The fourth-order valence-corrected chi connectivity index (χ4v) is 7.07. The number of unbranched alkanes of at least 4 members (excludes halogenated alkanes) is 2. The Labute approximate surface area is 305 Å². The van der Waals surface area contributed by atoms with Gasteiger partial charge in [-0.1, -0.05) is 18.2 Å². The zero-order valence-electron chi connectivity index (χ0n) is 30.0. The van der Waals surface area contributed by atoms with Crippen LogP contribution in [0.2, 0.25) is 0 Å². The molecule has 2 rings (SSSR count). The van der Waals surface area contributed by atoms with E-state index in [0.717, 1.165) is 60.8 Å². The summed E-state index contributed by atoms with van der Waals surface area (Å²) in [5.74, 6) is -3.07. The van der Waals surface area contributed by atoms with E-state index >= 15 is 0 Å².